The fourth-order valence-electron chi connectivity index (χ4n) is 5.51. The average Bonchev–Trinajstić information content (AvgIpc) is 3.01. The van der Waals surface area contributed by atoms with Gasteiger partial charge in [0.2, 0.25) is 0 Å². The number of anilines is 4. The Kier molecular flexibility index (Phi) is 13.8. The van der Waals surface area contributed by atoms with Gasteiger partial charge in [-0.1, -0.05) is 45.2 Å². The lowest BCUT2D eigenvalue weighted by atomic mass is 9.79. The maximum atomic E-state index is 8.77. The lowest BCUT2D eigenvalue weighted by Gasteiger charge is -2.34. The van der Waals surface area contributed by atoms with Crippen molar-refractivity contribution in [1.29, 1.82) is 0 Å². The van der Waals surface area contributed by atoms with E-state index < -0.39 is 7.12 Å². The molecule has 256 valence electrons. The number of rotatable bonds is 4. The van der Waals surface area contributed by atoms with Gasteiger partial charge in [-0.25, -0.2) is 9.97 Å². The van der Waals surface area contributed by atoms with E-state index >= 15 is 0 Å². The van der Waals surface area contributed by atoms with Crippen LogP contribution in [0.3, 0.4) is 0 Å². The van der Waals surface area contributed by atoms with Gasteiger partial charge in [0.15, 0.2) is 0 Å². The molecule has 10 nitrogen and oxygen atoms in total. The van der Waals surface area contributed by atoms with Crippen molar-refractivity contribution in [1.82, 2.24) is 19.8 Å². The highest BCUT2D eigenvalue weighted by molar-refractivity contribution is 9.10. The van der Waals surface area contributed by atoms with Crippen LogP contribution in [0, 0.1) is 13.8 Å². The first-order valence-electron chi connectivity index (χ1n) is 15.8. The van der Waals surface area contributed by atoms with E-state index in [0.717, 1.165) is 83.7 Å². The maximum absolute atomic E-state index is 8.77. The second kappa shape index (κ2) is 17.5. The molecule has 0 bridgehead atoms. The van der Waals surface area contributed by atoms with Gasteiger partial charge in [-0.2, -0.15) is 0 Å². The van der Waals surface area contributed by atoms with Crippen molar-refractivity contribution in [2.75, 3.05) is 87.7 Å². The Morgan fingerprint density at radius 1 is 0.667 bits per heavy atom. The summed E-state index contributed by atoms with van der Waals surface area (Å²) in [6.07, 6.45) is 0. The van der Waals surface area contributed by atoms with Crippen LogP contribution in [0.25, 0.3) is 11.1 Å². The number of benzene rings is 2. The molecule has 4 heterocycles. The second-order valence-corrected chi connectivity index (χ2v) is 13.8. The van der Waals surface area contributed by atoms with Gasteiger partial charge in [-0.3, -0.25) is 0 Å². The summed E-state index contributed by atoms with van der Waals surface area (Å²) >= 11 is 15.9. The standard InChI is InChI=1S/C17H21ClN4.C11H14BrClN2.C6H9BN2O2/c1-12-16(3-4-17(19)20-12)13-9-14(18)11-15(10-13)22-7-5-21(2)6-8-22;1-14-2-4-15(5-3-14)11-7-9(12)6-10(13)8-11;1-4-5(7(10)11)2-3-6(8)9-4/h3-4,9-11H,5-8H2,1-2H3,(H2,19,20);6-8H,2-5H2,1H3;2-3,10-11H,1H3,(H2,8,9). The Morgan fingerprint density at radius 3 is 1.62 bits per heavy atom. The molecule has 6 rings (SSSR count). The topological polar surface area (TPSA) is 131 Å². The molecule has 0 unspecified atom stereocenters. The molecule has 2 aliphatic heterocycles. The van der Waals surface area contributed by atoms with Gasteiger partial charge in [-0.05, 0) is 88.1 Å². The van der Waals surface area contributed by atoms with E-state index in [2.05, 4.69) is 71.7 Å². The van der Waals surface area contributed by atoms with Gasteiger partial charge >= 0.3 is 7.12 Å². The van der Waals surface area contributed by atoms with Crippen LogP contribution < -0.4 is 26.7 Å². The fourth-order valence-corrected chi connectivity index (χ4v) is 6.58. The molecule has 4 aromatic rings. The molecule has 0 atom stereocenters. The molecule has 0 aliphatic carbocycles. The van der Waals surface area contributed by atoms with Crippen LogP contribution in [0.1, 0.15) is 11.4 Å². The monoisotopic (exact) mass is 756 g/mol. The van der Waals surface area contributed by atoms with Gasteiger partial charge in [0.1, 0.15) is 11.6 Å². The predicted molar refractivity (Wildman–Crippen MR) is 206 cm³/mol. The highest BCUT2D eigenvalue weighted by Gasteiger charge is 2.17. The van der Waals surface area contributed by atoms with Crippen LogP contribution in [0.4, 0.5) is 23.0 Å². The molecule has 0 spiro atoms. The van der Waals surface area contributed by atoms with Crippen LogP contribution in [-0.4, -0.2) is 103 Å². The number of aryl methyl sites for hydroxylation is 2. The first kappa shape index (κ1) is 37.7. The quantitative estimate of drug-likeness (QED) is 0.220. The third kappa shape index (κ3) is 11.0. The van der Waals surface area contributed by atoms with E-state index in [1.54, 1.807) is 13.0 Å². The van der Waals surface area contributed by atoms with Crippen LogP contribution in [-0.2, 0) is 0 Å². The summed E-state index contributed by atoms with van der Waals surface area (Å²) in [5.41, 5.74) is 17.5. The van der Waals surface area contributed by atoms with Gasteiger partial charge in [0, 0.05) is 101 Å². The molecule has 2 aromatic heterocycles. The molecule has 2 aromatic carbocycles. The first-order chi connectivity index (χ1) is 22.8. The number of hydrogen-bond acceptors (Lipinski definition) is 10. The van der Waals surface area contributed by atoms with Crippen LogP contribution in [0.5, 0.6) is 0 Å². The molecule has 2 saturated heterocycles. The minimum Gasteiger partial charge on any atom is -0.423 e. The van der Waals surface area contributed by atoms with E-state index in [4.69, 9.17) is 44.7 Å². The highest BCUT2D eigenvalue weighted by Crippen LogP contribution is 2.31. The molecule has 2 fully saturated rings. The first-order valence-corrected chi connectivity index (χ1v) is 17.3. The minimum atomic E-state index is -1.47. The number of nitrogens with two attached hydrogens (primary N) is 2. The summed E-state index contributed by atoms with van der Waals surface area (Å²) in [4.78, 5) is 17.6. The summed E-state index contributed by atoms with van der Waals surface area (Å²) in [6.45, 7) is 12.2. The summed E-state index contributed by atoms with van der Waals surface area (Å²) in [6, 6.07) is 19.2. The van der Waals surface area contributed by atoms with E-state index in [9.17, 15) is 0 Å². The van der Waals surface area contributed by atoms with Crippen molar-refractivity contribution in [2.45, 2.75) is 13.8 Å². The van der Waals surface area contributed by atoms with E-state index in [1.165, 1.54) is 17.4 Å². The van der Waals surface area contributed by atoms with Crippen molar-refractivity contribution in [3.63, 3.8) is 0 Å². The lowest BCUT2D eigenvalue weighted by molar-refractivity contribution is 0.313. The number of pyridine rings is 2. The molecule has 6 N–H and O–H groups in total. The van der Waals surface area contributed by atoms with Crippen molar-refractivity contribution in [3.8, 4) is 11.1 Å². The average molecular weight is 758 g/mol. The van der Waals surface area contributed by atoms with E-state index in [1.807, 2.05) is 43.3 Å². The Balaban J connectivity index is 0.000000174. The van der Waals surface area contributed by atoms with Crippen molar-refractivity contribution in [3.05, 3.63) is 86.6 Å². The predicted octanol–water partition coefficient (Wildman–Crippen LogP) is 4.55. The fraction of sp³-hybridized carbons (Fsp3) is 0.353. The normalized spacial score (nSPS) is 15.3. The van der Waals surface area contributed by atoms with Gasteiger partial charge in [0.25, 0.3) is 0 Å². The molecule has 0 radical (unpaired) electrons. The maximum Gasteiger partial charge on any atom is 0.490 e. The zero-order valence-electron chi connectivity index (χ0n) is 27.9. The molecular weight excluding hydrogens is 714 g/mol. The van der Waals surface area contributed by atoms with E-state index in [-0.39, 0.29) is 0 Å². The summed E-state index contributed by atoms with van der Waals surface area (Å²) in [7, 11) is 2.85. The molecule has 48 heavy (non-hydrogen) atoms. The Bertz CT molecular complexity index is 1650. The van der Waals surface area contributed by atoms with Crippen molar-refractivity contribution < 1.29 is 10.0 Å². The Morgan fingerprint density at radius 2 is 1.15 bits per heavy atom. The van der Waals surface area contributed by atoms with Crippen molar-refractivity contribution >= 4 is 74.7 Å². The third-order valence-electron chi connectivity index (χ3n) is 8.31. The number of likely N-dealkylation sites (N-methyl/N-ethyl adjacent to an activating group) is 2. The largest absolute Gasteiger partial charge is 0.490 e. The number of piperazine rings is 2. The number of nitrogen functional groups attached to an aromatic ring is 2. The smallest absolute Gasteiger partial charge is 0.423 e. The van der Waals surface area contributed by atoms with E-state index in [0.29, 0.717) is 22.8 Å². The molecule has 0 saturated carbocycles. The Labute approximate surface area is 302 Å². The lowest BCUT2D eigenvalue weighted by Crippen LogP contribution is -2.44. The molecule has 0 amide bonds. The minimum absolute atomic E-state index is 0.381. The molecular formula is C34H44BBrCl2N8O2. The van der Waals surface area contributed by atoms with Gasteiger partial charge in [-0.15, -0.1) is 0 Å². The van der Waals surface area contributed by atoms with Crippen molar-refractivity contribution in [2.24, 2.45) is 0 Å². The number of nitrogens with zero attached hydrogens (tertiary/aromatic N) is 6. The van der Waals surface area contributed by atoms with Gasteiger partial charge < -0.3 is 41.1 Å². The zero-order chi connectivity index (χ0) is 35.0. The summed E-state index contributed by atoms with van der Waals surface area (Å²) in [5.74, 6) is 0.925. The molecule has 2 aliphatic rings. The Hall–Kier alpha value is -3.10. The zero-order valence-corrected chi connectivity index (χ0v) is 31.0. The SMILES string of the molecule is CN1CCN(c2cc(Cl)cc(Br)c2)CC1.Cc1nc(N)ccc1-c1cc(Cl)cc(N2CCN(C)CC2)c1.Cc1nc(N)ccc1B(O)O. The van der Waals surface area contributed by atoms with Crippen LogP contribution >= 0.6 is 39.1 Å². The summed E-state index contributed by atoms with van der Waals surface area (Å²) in [5, 5.41) is 19.1. The number of aromatic nitrogens is 2. The second-order valence-electron chi connectivity index (χ2n) is 12.1. The van der Waals surface area contributed by atoms with Gasteiger partial charge in [0.05, 0.1) is 0 Å². The highest BCUT2D eigenvalue weighted by atomic mass is 79.9. The summed E-state index contributed by atoms with van der Waals surface area (Å²) < 4.78 is 1.05. The van der Waals surface area contributed by atoms with Crippen LogP contribution in [0.15, 0.2) is 65.1 Å². The number of halogens is 3. The van der Waals surface area contributed by atoms with Crippen LogP contribution in [0.2, 0.25) is 10.0 Å². The number of hydrogen-bond donors (Lipinski definition) is 4. The molecule has 14 heteroatoms. The third-order valence-corrected chi connectivity index (χ3v) is 9.21.